The van der Waals surface area contributed by atoms with E-state index in [0.29, 0.717) is 0 Å². The Morgan fingerprint density at radius 3 is 3.12 bits per heavy atom. The van der Waals surface area contributed by atoms with Gasteiger partial charge in [-0.05, 0) is 44.0 Å². The molecule has 16 heavy (non-hydrogen) atoms. The lowest BCUT2D eigenvalue weighted by Crippen LogP contribution is -2.35. The number of rotatable bonds is 4. The SMILES string of the molecule is Cc1nn(C)cc1CCNC1CCCSC1. The molecule has 0 radical (unpaired) electrons. The molecule has 0 spiro atoms. The second-order valence-electron chi connectivity index (χ2n) is 4.53. The quantitative estimate of drug-likeness (QED) is 0.868. The maximum Gasteiger partial charge on any atom is 0.0626 e. The first-order chi connectivity index (χ1) is 7.75. The zero-order valence-corrected chi connectivity index (χ0v) is 11.0. The van der Waals surface area contributed by atoms with Crippen LogP contribution < -0.4 is 5.32 Å². The highest BCUT2D eigenvalue weighted by Gasteiger charge is 2.12. The van der Waals surface area contributed by atoms with Crippen molar-refractivity contribution in [3.8, 4) is 0 Å². The lowest BCUT2D eigenvalue weighted by Gasteiger charge is -2.22. The van der Waals surface area contributed by atoms with E-state index in [1.165, 1.54) is 35.6 Å². The van der Waals surface area contributed by atoms with Gasteiger partial charge in [-0.1, -0.05) is 0 Å². The highest BCUT2D eigenvalue weighted by molar-refractivity contribution is 7.99. The molecular weight excluding hydrogens is 218 g/mol. The first-order valence-electron chi connectivity index (χ1n) is 6.06. The monoisotopic (exact) mass is 239 g/mol. The van der Waals surface area contributed by atoms with E-state index in [1.807, 2.05) is 11.7 Å². The molecule has 1 N–H and O–H groups in total. The molecule has 1 aromatic rings. The van der Waals surface area contributed by atoms with E-state index in [-0.39, 0.29) is 0 Å². The van der Waals surface area contributed by atoms with Crippen molar-refractivity contribution < 1.29 is 0 Å². The molecule has 1 aromatic heterocycles. The highest BCUT2D eigenvalue weighted by atomic mass is 32.2. The fourth-order valence-corrected chi connectivity index (χ4v) is 3.31. The summed E-state index contributed by atoms with van der Waals surface area (Å²) in [5.74, 6) is 2.63. The van der Waals surface area contributed by atoms with Gasteiger partial charge in [0.15, 0.2) is 0 Å². The second kappa shape index (κ2) is 5.73. The number of hydrogen-bond donors (Lipinski definition) is 1. The molecule has 2 heterocycles. The van der Waals surface area contributed by atoms with Gasteiger partial charge in [-0.25, -0.2) is 0 Å². The molecule has 0 aliphatic carbocycles. The summed E-state index contributed by atoms with van der Waals surface area (Å²) in [6.07, 6.45) is 5.95. The standard InChI is InChI=1S/C12H21N3S/c1-10-11(8-15(2)14-10)5-6-13-12-4-3-7-16-9-12/h8,12-13H,3-7,9H2,1-2H3. The molecule has 1 saturated heterocycles. The molecule has 3 nitrogen and oxygen atoms in total. The van der Waals surface area contributed by atoms with Crippen LogP contribution >= 0.6 is 11.8 Å². The molecule has 0 amide bonds. The van der Waals surface area contributed by atoms with Gasteiger partial charge in [0, 0.05) is 25.0 Å². The van der Waals surface area contributed by atoms with Gasteiger partial charge < -0.3 is 5.32 Å². The summed E-state index contributed by atoms with van der Waals surface area (Å²) in [4.78, 5) is 0. The summed E-state index contributed by atoms with van der Waals surface area (Å²) in [6.45, 7) is 3.17. The van der Waals surface area contributed by atoms with Crippen LogP contribution in [0.15, 0.2) is 6.20 Å². The Hall–Kier alpha value is -0.480. The molecular formula is C12H21N3S. The van der Waals surface area contributed by atoms with Crippen LogP contribution in [0.1, 0.15) is 24.1 Å². The first-order valence-corrected chi connectivity index (χ1v) is 7.21. The molecule has 1 unspecified atom stereocenters. The molecule has 0 saturated carbocycles. The van der Waals surface area contributed by atoms with Gasteiger partial charge in [-0.2, -0.15) is 16.9 Å². The Balaban J connectivity index is 1.73. The van der Waals surface area contributed by atoms with Gasteiger partial charge in [-0.3, -0.25) is 4.68 Å². The van der Waals surface area contributed by atoms with Crippen LogP contribution in [0.3, 0.4) is 0 Å². The number of aromatic nitrogens is 2. The van der Waals surface area contributed by atoms with E-state index in [1.54, 1.807) is 0 Å². The normalized spacial score (nSPS) is 21.2. The lowest BCUT2D eigenvalue weighted by molar-refractivity contribution is 0.511. The average Bonchev–Trinajstić information content (AvgIpc) is 2.59. The summed E-state index contributed by atoms with van der Waals surface area (Å²) < 4.78 is 1.90. The van der Waals surface area contributed by atoms with Crippen LogP contribution in [0.4, 0.5) is 0 Å². The molecule has 90 valence electrons. The van der Waals surface area contributed by atoms with Crippen LogP contribution in [0.2, 0.25) is 0 Å². The maximum absolute atomic E-state index is 4.36. The van der Waals surface area contributed by atoms with Gasteiger partial charge in [0.25, 0.3) is 0 Å². The second-order valence-corrected chi connectivity index (χ2v) is 5.68. The third kappa shape index (κ3) is 3.25. The van der Waals surface area contributed by atoms with Crippen LogP contribution in [0.25, 0.3) is 0 Å². The number of thioether (sulfide) groups is 1. The van der Waals surface area contributed by atoms with Crippen molar-refractivity contribution in [3.05, 3.63) is 17.5 Å². The van der Waals surface area contributed by atoms with E-state index >= 15 is 0 Å². The Morgan fingerprint density at radius 1 is 1.62 bits per heavy atom. The predicted octanol–water partition coefficient (Wildman–Crippen LogP) is 1.76. The van der Waals surface area contributed by atoms with Crippen molar-refractivity contribution in [2.24, 2.45) is 7.05 Å². The molecule has 0 bridgehead atoms. The van der Waals surface area contributed by atoms with Crippen LogP contribution in [0.5, 0.6) is 0 Å². The van der Waals surface area contributed by atoms with Gasteiger partial charge in [0.1, 0.15) is 0 Å². The molecule has 0 aromatic carbocycles. The van der Waals surface area contributed by atoms with Gasteiger partial charge >= 0.3 is 0 Å². The Bertz CT molecular complexity index is 329. The van der Waals surface area contributed by atoms with E-state index in [9.17, 15) is 0 Å². The number of hydrogen-bond acceptors (Lipinski definition) is 3. The van der Waals surface area contributed by atoms with E-state index < -0.39 is 0 Å². The van der Waals surface area contributed by atoms with Crippen molar-refractivity contribution in [2.45, 2.75) is 32.2 Å². The number of aryl methyl sites for hydroxylation is 2. The molecule has 1 aliphatic rings. The van der Waals surface area contributed by atoms with Crippen LogP contribution in [-0.4, -0.2) is 33.9 Å². The fraction of sp³-hybridized carbons (Fsp3) is 0.750. The van der Waals surface area contributed by atoms with Crippen LogP contribution in [-0.2, 0) is 13.5 Å². The number of nitrogens with zero attached hydrogens (tertiary/aromatic N) is 2. The molecule has 1 aliphatic heterocycles. The maximum atomic E-state index is 4.36. The Labute approximate surface area is 102 Å². The zero-order chi connectivity index (χ0) is 11.4. The van der Waals surface area contributed by atoms with E-state index in [4.69, 9.17) is 0 Å². The number of nitrogens with one attached hydrogen (secondary N) is 1. The molecule has 2 rings (SSSR count). The largest absolute Gasteiger partial charge is 0.313 e. The van der Waals surface area contributed by atoms with Crippen LogP contribution in [0, 0.1) is 6.92 Å². The third-order valence-corrected chi connectivity index (χ3v) is 4.32. The smallest absolute Gasteiger partial charge is 0.0626 e. The minimum atomic E-state index is 0.732. The van der Waals surface area contributed by atoms with Gasteiger partial charge in [0.2, 0.25) is 0 Å². The Kier molecular flexibility index (Phi) is 4.29. The summed E-state index contributed by atoms with van der Waals surface area (Å²) in [7, 11) is 1.99. The molecule has 1 atom stereocenters. The minimum absolute atomic E-state index is 0.732. The highest BCUT2D eigenvalue weighted by Crippen LogP contribution is 2.16. The summed E-state index contributed by atoms with van der Waals surface area (Å²) in [6, 6.07) is 0.732. The van der Waals surface area contributed by atoms with E-state index in [0.717, 1.165) is 19.0 Å². The fourth-order valence-electron chi connectivity index (χ4n) is 2.21. The summed E-state index contributed by atoms with van der Waals surface area (Å²) in [5, 5.41) is 8.01. The summed E-state index contributed by atoms with van der Waals surface area (Å²) >= 11 is 2.08. The van der Waals surface area contributed by atoms with Crippen molar-refractivity contribution >= 4 is 11.8 Å². The molecule has 4 heteroatoms. The Morgan fingerprint density at radius 2 is 2.50 bits per heavy atom. The van der Waals surface area contributed by atoms with Crippen molar-refractivity contribution in [1.82, 2.24) is 15.1 Å². The zero-order valence-electron chi connectivity index (χ0n) is 10.2. The summed E-state index contributed by atoms with van der Waals surface area (Å²) in [5.41, 5.74) is 2.54. The predicted molar refractivity (Wildman–Crippen MR) is 70.0 cm³/mol. The van der Waals surface area contributed by atoms with Gasteiger partial charge in [-0.15, -0.1) is 0 Å². The van der Waals surface area contributed by atoms with Crippen molar-refractivity contribution in [3.63, 3.8) is 0 Å². The van der Waals surface area contributed by atoms with Gasteiger partial charge in [0.05, 0.1) is 5.69 Å². The topological polar surface area (TPSA) is 29.9 Å². The van der Waals surface area contributed by atoms with Crippen molar-refractivity contribution in [2.75, 3.05) is 18.1 Å². The van der Waals surface area contributed by atoms with E-state index in [2.05, 4.69) is 35.3 Å². The molecule has 1 fully saturated rings. The average molecular weight is 239 g/mol. The third-order valence-electron chi connectivity index (χ3n) is 3.10. The first kappa shape index (κ1) is 12.0. The van der Waals surface area contributed by atoms with Crippen molar-refractivity contribution in [1.29, 1.82) is 0 Å². The lowest BCUT2D eigenvalue weighted by atomic mass is 10.1. The minimum Gasteiger partial charge on any atom is -0.313 e.